The summed E-state index contributed by atoms with van der Waals surface area (Å²) in [5, 5.41) is 2.79. The number of hydrogen-bond acceptors (Lipinski definition) is 2. The van der Waals surface area contributed by atoms with E-state index in [9.17, 15) is 9.59 Å². The summed E-state index contributed by atoms with van der Waals surface area (Å²) in [6, 6.07) is 6.85. The Morgan fingerprint density at radius 3 is 2.00 bits per heavy atom. The fraction of sp³-hybridized carbons (Fsp3) is 0.600. The molecule has 29 heavy (non-hydrogen) atoms. The van der Waals surface area contributed by atoms with Crippen molar-refractivity contribution in [3.63, 3.8) is 0 Å². The van der Waals surface area contributed by atoms with Crippen LogP contribution in [0.15, 0.2) is 36.4 Å². The zero-order valence-electron chi connectivity index (χ0n) is 18.3. The Morgan fingerprint density at radius 1 is 0.828 bits per heavy atom. The van der Waals surface area contributed by atoms with E-state index in [1.54, 1.807) is 24.3 Å². The maximum atomic E-state index is 12.0. The predicted octanol–water partition coefficient (Wildman–Crippen LogP) is 6.76. The predicted molar refractivity (Wildman–Crippen MR) is 123 cm³/mol. The van der Waals surface area contributed by atoms with E-state index < -0.39 is 5.91 Å². The Kier molecular flexibility index (Phi) is 14.5. The first-order valence-corrected chi connectivity index (χ1v) is 11.5. The van der Waals surface area contributed by atoms with E-state index in [1.807, 2.05) is 0 Å². The van der Waals surface area contributed by atoms with Crippen LogP contribution in [0.1, 0.15) is 107 Å². The van der Waals surface area contributed by atoms with E-state index in [4.69, 9.17) is 5.73 Å². The van der Waals surface area contributed by atoms with Crippen molar-refractivity contribution in [2.45, 2.75) is 96.8 Å². The SMILES string of the molecule is CCCCCCCCC=CCCCCCCCC(=O)Nc1ccccc1C(N)=O. The highest BCUT2D eigenvalue weighted by Gasteiger charge is 2.09. The number of carbonyl (C=O) groups excluding carboxylic acids is 2. The average molecular weight is 401 g/mol. The Hall–Kier alpha value is -2.10. The molecule has 0 radical (unpaired) electrons. The lowest BCUT2D eigenvalue weighted by atomic mass is 10.1. The zero-order valence-corrected chi connectivity index (χ0v) is 18.3. The molecule has 3 N–H and O–H groups in total. The van der Waals surface area contributed by atoms with Gasteiger partial charge >= 0.3 is 0 Å². The summed E-state index contributed by atoms with van der Waals surface area (Å²) in [6.07, 6.45) is 21.2. The van der Waals surface area contributed by atoms with Crippen molar-refractivity contribution in [2.24, 2.45) is 5.73 Å². The number of amides is 2. The minimum Gasteiger partial charge on any atom is -0.366 e. The monoisotopic (exact) mass is 400 g/mol. The van der Waals surface area contributed by atoms with Crippen LogP contribution in [0.4, 0.5) is 5.69 Å². The molecule has 0 unspecified atom stereocenters. The molecule has 0 aliphatic carbocycles. The number of unbranched alkanes of at least 4 members (excludes halogenated alkanes) is 11. The Labute approximate surface area is 177 Å². The number of allylic oxidation sites excluding steroid dienone is 2. The van der Waals surface area contributed by atoms with Crippen LogP contribution in [0, 0.1) is 0 Å². The molecule has 4 nitrogen and oxygen atoms in total. The second-order valence-corrected chi connectivity index (χ2v) is 7.79. The van der Waals surface area contributed by atoms with Crippen LogP contribution in [-0.2, 0) is 4.79 Å². The topological polar surface area (TPSA) is 72.2 Å². The smallest absolute Gasteiger partial charge is 0.250 e. The van der Waals surface area contributed by atoms with Crippen molar-refractivity contribution in [2.75, 3.05) is 5.32 Å². The third-order valence-electron chi connectivity index (χ3n) is 5.13. The Bertz CT molecular complexity index is 611. The van der Waals surface area contributed by atoms with Gasteiger partial charge in [-0.1, -0.05) is 82.6 Å². The average Bonchev–Trinajstić information content (AvgIpc) is 2.71. The molecule has 0 fully saturated rings. The number of para-hydroxylation sites is 1. The number of rotatable bonds is 17. The molecule has 2 amide bonds. The molecular weight excluding hydrogens is 360 g/mol. The number of benzene rings is 1. The van der Waals surface area contributed by atoms with Crippen molar-refractivity contribution in [3.8, 4) is 0 Å². The molecule has 0 aromatic heterocycles. The van der Waals surface area contributed by atoms with Crippen molar-refractivity contribution in [1.82, 2.24) is 0 Å². The molecule has 0 atom stereocenters. The summed E-state index contributed by atoms with van der Waals surface area (Å²) < 4.78 is 0. The minimum absolute atomic E-state index is 0.0590. The Balaban J connectivity index is 1.97. The fourth-order valence-electron chi connectivity index (χ4n) is 3.38. The molecule has 0 aliphatic rings. The van der Waals surface area contributed by atoms with Gasteiger partial charge in [0, 0.05) is 6.42 Å². The van der Waals surface area contributed by atoms with Gasteiger partial charge in [0.1, 0.15) is 0 Å². The molecule has 0 saturated heterocycles. The van der Waals surface area contributed by atoms with Gasteiger partial charge < -0.3 is 11.1 Å². The van der Waals surface area contributed by atoms with Gasteiger partial charge in [-0.2, -0.15) is 0 Å². The molecule has 162 valence electrons. The van der Waals surface area contributed by atoms with Crippen LogP contribution in [-0.4, -0.2) is 11.8 Å². The van der Waals surface area contributed by atoms with E-state index in [0.717, 1.165) is 19.3 Å². The minimum atomic E-state index is -0.526. The van der Waals surface area contributed by atoms with Crippen molar-refractivity contribution in [3.05, 3.63) is 42.0 Å². The molecule has 1 aromatic carbocycles. The van der Waals surface area contributed by atoms with Gasteiger partial charge in [-0.25, -0.2) is 0 Å². The summed E-state index contributed by atoms with van der Waals surface area (Å²) in [5.74, 6) is -0.585. The van der Waals surface area contributed by atoms with Crippen LogP contribution in [0.2, 0.25) is 0 Å². The summed E-state index contributed by atoms with van der Waals surface area (Å²) in [5.41, 5.74) is 6.18. The second-order valence-electron chi connectivity index (χ2n) is 7.79. The fourth-order valence-corrected chi connectivity index (χ4v) is 3.38. The molecule has 0 saturated carbocycles. The first-order chi connectivity index (χ1) is 14.1. The van der Waals surface area contributed by atoms with Gasteiger partial charge in [-0.15, -0.1) is 0 Å². The zero-order chi connectivity index (χ0) is 21.2. The van der Waals surface area contributed by atoms with Gasteiger partial charge in [0.15, 0.2) is 0 Å². The third-order valence-corrected chi connectivity index (χ3v) is 5.13. The van der Waals surface area contributed by atoms with Crippen molar-refractivity contribution in [1.29, 1.82) is 0 Å². The highest BCUT2D eigenvalue weighted by molar-refractivity contribution is 6.02. The van der Waals surface area contributed by atoms with Gasteiger partial charge in [0.05, 0.1) is 11.3 Å². The highest BCUT2D eigenvalue weighted by Crippen LogP contribution is 2.15. The normalized spacial score (nSPS) is 11.1. The molecule has 4 heteroatoms. The molecular formula is C25H40N2O2. The van der Waals surface area contributed by atoms with Gasteiger partial charge in [0.2, 0.25) is 5.91 Å². The van der Waals surface area contributed by atoms with Crippen LogP contribution in [0.25, 0.3) is 0 Å². The first-order valence-electron chi connectivity index (χ1n) is 11.5. The number of carbonyl (C=O) groups is 2. The van der Waals surface area contributed by atoms with Crippen molar-refractivity contribution >= 4 is 17.5 Å². The van der Waals surface area contributed by atoms with Crippen LogP contribution >= 0.6 is 0 Å². The molecule has 0 spiro atoms. The molecule has 0 heterocycles. The summed E-state index contributed by atoms with van der Waals surface area (Å²) in [6.45, 7) is 2.26. The largest absolute Gasteiger partial charge is 0.366 e. The molecule has 0 aliphatic heterocycles. The first kappa shape index (κ1) is 24.9. The lowest BCUT2D eigenvalue weighted by Gasteiger charge is -2.08. The molecule has 1 aromatic rings. The van der Waals surface area contributed by atoms with E-state index in [0.29, 0.717) is 17.7 Å². The summed E-state index contributed by atoms with van der Waals surface area (Å²) >= 11 is 0. The quantitative estimate of drug-likeness (QED) is 0.224. The number of hydrogen-bond donors (Lipinski definition) is 2. The highest BCUT2D eigenvalue weighted by atomic mass is 16.2. The standard InChI is InChI=1S/C25H40N2O2/c1-2-3-4-5-6-7-8-9-10-11-12-13-14-15-16-21-24(28)27-23-20-18-17-19-22(23)25(26)29/h9-10,17-20H,2-8,11-16,21H2,1H3,(H2,26,29)(H,27,28). The second kappa shape index (κ2) is 16.8. The van der Waals surface area contributed by atoms with Crippen LogP contribution in [0.5, 0.6) is 0 Å². The van der Waals surface area contributed by atoms with E-state index in [1.165, 1.54) is 64.2 Å². The maximum Gasteiger partial charge on any atom is 0.250 e. The van der Waals surface area contributed by atoms with Gasteiger partial charge in [-0.05, 0) is 44.2 Å². The van der Waals surface area contributed by atoms with E-state index in [-0.39, 0.29) is 5.91 Å². The van der Waals surface area contributed by atoms with E-state index in [2.05, 4.69) is 24.4 Å². The van der Waals surface area contributed by atoms with E-state index >= 15 is 0 Å². The van der Waals surface area contributed by atoms with Gasteiger partial charge in [0.25, 0.3) is 5.91 Å². The lowest BCUT2D eigenvalue weighted by molar-refractivity contribution is -0.116. The number of primary amides is 1. The third kappa shape index (κ3) is 12.9. The van der Waals surface area contributed by atoms with Crippen molar-refractivity contribution < 1.29 is 9.59 Å². The maximum absolute atomic E-state index is 12.0. The number of nitrogens with one attached hydrogen (secondary N) is 1. The Morgan fingerprint density at radius 2 is 1.38 bits per heavy atom. The molecule has 0 bridgehead atoms. The summed E-state index contributed by atoms with van der Waals surface area (Å²) in [7, 11) is 0. The molecule has 1 rings (SSSR count). The summed E-state index contributed by atoms with van der Waals surface area (Å²) in [4.78, 5) is 23.4. The van der Waals surface area contributed by atoms with Crippen LogP contribution < -0.4 is 11.1 Å². The van der Waals surface area contributed by atoms with Gasteiger partial charge in [-0.3, -0.25) is 9.59 Å². The number of anilines is 1. The lowest BCUT2D eigenvalue weighted by Crippen LogP contribution is -2.17. The van der Waals surface area contributed by atoms with Crippen LogP contribution in [0.3, 0.4) is 0 Å². The number of nitrogens with two attached hydrogens (primary N) is 1.